The van der Waals surface area contributed by atoms with Gasteiger partial charge in [-0.2, -0.15) is 0 Å². The van der Waals surface area contributed by atoms with Crippen molar-refractivity contribution in [2.75, 3.05) is 11.1 Å². The normalized spacial score (nSPS) is 10.9. The van der Waals surface area contributed by atoms with Crippen molar-refractivity contribution < 1.29 is 14.8 Å². The van der Waals surface area contributed by atoms with Crippen LogP contribution < -0.4 is 5.32 Å². The molecule has 1 amide bonds. The number of aromatic hydroxyl groups is 1. The summed E-state index contributed by atoms with van der Waals surface area (Å²) in [4.78, 5) is 32.2. The number of carbonyl (C=O) groups excluding carboxylic acids is 1. The largest absolute Gasteiger partial charge is 0.506 e. The van der Waals surface area contributed by atoms with Crippen molar-refractivity contribution in [1.82, 2.24) is 9.97 Å². The van der Waals surface area contributed by atoms with Gasteiger partial charge in [-0.25, -0.2) is 9.97 Å². The van der Waals surface area contributed by atoms with E-state index in [9.17, 15) is 20.0 Å². The highest BCUT2D eigenvalue weighted by molar-refractivity contribution is 8.00. The number of thioether (sulfide) groups is 1. The molecule has 2 N–H and O–H groups in total. The second-order valence-electron chi connectivity index (χ2n) is 6.31. The molecule has 0 unspecified atom stereocenters. The number of nitro groups is 1. The first kappa shape index (κ1) is 21.0. The Kier molecular flexibility index (Phi) is 6.03. The first-order valence-corrected chi connectivity index (χ1v) is 11.0. The lowest BCUT2D eigenvalue weighted by Crippen LogP contribution is -2.14. The van der Waals surface area contributed by atoms with Crippen LogP contribution in [-0.2, 0) is 4.79 Å². The number of nitrogens with one attached hydrogen (secondary N) is 1. The number of phenols is 1. The second kappa shape index (κ2) is 8.88. The maximum atomic E-state index is 12.4. The quantitative estimate of drug-likeness (QED) is 0.127. The number of phenolic OH excluding ortho intramolecular Hbond substituents is 1. The van der Waals surface area contributed by atoms with E-state index in [-0.39, 0.29) is 22.9 Å². The number of carbonyl (C=O) groups is 1. The van der Waals surface area contributed by atoms with Gasteiger partial charge in [0.05, 0.1) is 21.7 Å². The maximum absolute atomic E-state index is 12.4. The Bertz CT molecular complexity index is 1290. The molecule has 156 valence electrons. The van der Waals surface area contributed by atoms with Crippen LogP contribution in [0.15, 0.2) is 59.2 Å². The van der Waals surface area contributed by atoms with Crippen molar-refractivity contribution in [3.05, 3.63) is 69.3 Å². The minimum Gasteiger partial charge on any atom is -0.506 e. The van der Waals surface area contributed by atoms with E-state index in [1.54, 1.807) is 12.1 Å². The van der Waals surface area contributed by atoms with E-state index in [4.69, 9.17) is 11.6 Å². The fraction of sp³-hybridized carbons (Fsp3) is 0.0500. The molecule has 4 rings (SSSR count). The number of benzene rings is 2. The van der Waals surface area contributed by atoms with Gasteiger partial charge in [-0.05, 0) is 23.8 Å². The van der Waals surface area contributed by atoms with Crippen LogP contribution in [0.3, 0.4) is 0 Å². The number of non-ortho nitro benzene ring substituents is 1. The monoisotopic (exact) mass is 472 g/mol. The molecule has 8 nitrogen and oxygen atoms in total. The van der Waals surface area contributed by atoms with Crippen molar-refractivity contribution in [2.45, 2.75) is 5.03 Å². The molecular formula is C20H13ClN4O4S2. The second-order valence-corrected chi connectivity index (χ2v) is 8.57. The molecular weight excluding hydrogens is 460 g/mol. The summed E-state index contributed by atoms with van der Waals surface area (Å²) in [5.41, 5.74) is 1.64. The van der Waals surface area contributed by atoms with Gasteiger partial charge in [0.2, 0.25) is 5.91 Å². The molecule has 11 heteroatoms. The van der Waals surface area contributed by atoms with E-state index in [1.165, 1.54) is 35.5 Å². The van der Waals surface area contributed by atoms with Crippen LogP contribution >= 0.6 is 34.7 Å². The zero-order chi connectivity index (χ0) is 22.0. The van der Waals surface area contributed by atoms with Crippen LogP contribution in [0.4, 0.5) is 11.4 Å². The van der Waals surface area contributed by atoms with E-state index < -0.39 is 10.8 Å². The third kappa shape index (κ3) is 4.61. The van der Waals surface area contributed by atoms with Crippen molar-refractivity contribution >= 4 is 62.2 Å². The fourth-order valence-corrected chi connectivity index (χ4v) is 4.78. The minimum atomic E-state index is -0.601. The summed E-state index contributed by atoms with van der Waals surface area (Å²) < 4.78 is 0. The van der Waals surface area contributed by atoms with E-state index >= 15 is 0 Å². The Labute approximate surface area is 189 Å². The number of fused-ring (bicyclic) bond motifs is 1. The van der Waals surface area contributed by atoms with Crippen molar-refractivity contribution in [3.63, 3.8) is 0 Å². The van der Waals surface area contributed by atoms with Crippen LogP contribution in [-0.4, -0.2) is 31.7 Å². The van der Waals surface area contributed by atoms with Gasteiger partial charge in [0.15, 0.2) is 0 Å². The molecule has 4 aromatic rings. The standard InChI is InChI=1S/C20H13ClN4O4S2/c21-12-3-1-11(2-4-12)14-8-30-19-18(14)20(23-10-22-19)31-9-17(27)24-15-7-13(25(28)29)5-6-16(15)26/h1-8,10,26H,9H2,(H,24,27). The number of thiophene rings is 1. The SMILES string of the molecule is O=C(CSc1ncnc2scc(-c3ccc(Cl)cc3)c12)Nc1cc([N+](=O)[O-])ccc1O. The van der Waals surface area contributed by atoms with Crippen LogP contribution in [0, 0.1) is 10.1 Å². The molecule has 0 radical (unpaired) electrons. The zero-order valence-electron chi connectivity index (χ0n) is 15.6. The Morgan fingerprint density at radius 3 is 2.74 bits per heavy atom. The van der Waals surface area contributed by atoms with Crippen molar-refractivity contribution in [2.24, 2.45) is 0 Å². The van der Waals surface area contributed by atoms with Gasteiger partial charge >= 0.3 is 0 Å². The smallest absolute Gasteiger partial charge is 0.271 e. The Morgan fingerprint density at radius 1 is 1.23 bits per heavy atom. The number of rotatable bonds is 6. The average Bonchev–Trinajstić information content (AvgIpc) is 3.19. The number of hydrogen-bond acceptors (Lipinski definition) is 8. The predicted octanol–water partition coefficient (Wildman–Crippen LogP) is 5.36. The third-order valence-corrected chi connectivity index (χ3v) is 6.42. The van der Waals surface area contributed by atoms with Crippen LogP contribution in [0.25, 0.3) is 21.3 Å². The zero-order valence-corrected chi connectivity index (χ0v) is 18.0. The highest BCUT2D eigenvalue weighted by Gasteiger charge is 2.16. The van der Waals surface area contributed by atoms with Crippen LogP contribution in [0.2, 0.25) is 5.02 Å². The number of halogens is 1. The molecule has 0 aliphatic rings. The minimum absolute atomic E-state index is 0.00977. The molecule has 0 fully saturated rings. The van der Waals surface area contributed by atoms with Gasteiger partial charge in [-0.3, -0.25) is 14.9 Å². The fourth-order valence-electron chi connectivity index (χ4n) is 2.86. The van der Waals surface area contributed by atoms with Crippen LogP contribution in [0.5, 0.6) is 5.75 Å². The molecule has 31 heavy (non-hydrogen) atoms. The molecule has 0 bridgehead atoms. The van der Waals surface area contributed by atoms with Crippen molar-refractivity contribution in [3.8, 4) is 16.9 Å². The van der Waals surface area contributed by atoms with E-state index in [1.807, 2.05) is 17.5 Å². The summed E-state index contributed by atoms with van der Waals surface area (Å²) in [6.45, 7) is 0. The lowest BCUT2D eigenvalue weighted by molar-refractivity contribution is -0.384. The summed E-state index contributed by atoms with van der Waals surface area (Å²) in [5.74, 6) is -0.698. The van der Waals surface area contributed by atoms with E-state index in [0.717, 1.165) is 33.5 Å². The number of aromatic nitrogens is 2. The van der Waals surface area contributed by atoms with Gasteiger partial charge in [0.25, 0.3) is 5.69 Å². The maximum Gasteiger partial charge on any atom is 0.271 e. The van der Waals surface area contributed by atoms with Gasteiger partial charge in [0.1, 0.15) is 21.9 Å². The summed E-state index contributed by atoms with van der Waals surface area (Å²) in [7, 11) is 0. The van der Waals surface area contributed by atoms with E-state index in [0.29, 0.717) is 10.0 Å². The van der Waals surface area contributed by atoms with Crippen LogP contribution in [0.1, 0.15) is 0 Å². The number of amides is 1. The molecule has 0 saturated heterocycles. The highest BCUT2D eigenvalue weighted by Crippen LogP contribution is 2.38. The number of anilines is 1. The number of nitro benzene ring substituents is 1. The summed E-state index contributed by atoms with van der Waals surface area (Å²) in [6.07, 6.45) is 1.44. The van der Waals surface area contributed by atoms with Gasteiger partial charge < -0.3 is 10.4 Å². The molecule has 0 atom stereocenters. The molecule has 0 spiro atoms. The summed E-state index contributed by atoms with van der Waals surface area (Å²) >= 11 is 8.67. The summed E-state index contributed by atoms with van der Waals surface area (Å²) in [6, 6.07) is 10.8. The first-order chi connectivity index (χ1) is 14.9. The lowest BCUT2D eigenvalue weighted by Gasteiger charge is -2.08. The molecule has 0 aliphatic heterocycles. The van der Waals surface area contributed by atoms with Gasteiger partial charge in [-0.1, -0.05) is 35.5 Å². The predicted molar refractivity (Wildman–Crippen MR) is 122 cm³/mol. The average molecular weight is 473 g/mol. The Balaban J connectivity index is 1.55. The van der Waals surface area contributed by atoms with Gasteiger partial charge in [-0.15, -0.1) is 11.3 Å². The topological polar surface area (TPSA) is 118 Å². The molecule has 2 heterocycles. The third-order valence-electron chi connectivity index (χ3n) is 4.30. The summed E-state index contributed by atoms with van der Waals surface area (Å²) in [5, 5.41) is 27.4. The Hall–Kier alpha value is -3.21. The molecule has 0 aliphatic carbocycles. The molecule has 2 aromatic heterocycles. The van der Waals surface area contributed by atoms with Crippen molar-refractivity contribution in [1.29, 1.82) is 0 Å². The Morgan fingerprint density at radius 2 is 2.00 bits per heavy atom. The first-order valence-electron chi connectivity index (χ1n) is 8.80. The highest BCUT2D eigenvalue weighted by atomic mass is 35.5. The number of nitrogens with zero attached hydrogens (tertiary/aromatic N) is 3. The molecule has 2 aromatic carbocycles. The van der Waals surface area contributed by atoms with E-state index in [2.05, 4.69) is 15.3 Å². The molecule has 0 saturated carbocycles. The van der Waals surface area contributed by atoms with Gasteiger partial charge in [0, 0.05) is 28.1 Å². The lowest BCUT2D eigenvalue weighted by atomic mass is 10.1. The number of hydrogen-bond donors (Lipinski definition) is 2.